The van der Waals surface area contributed by atoms with Gasteiger partial charge in [-0.2, -0.15) is 8.42 Å². The number of carboxylic acid groups (broad SMARTS) is 2. The summed E-state index contributed by atoms with van der Waals surface area (Å²) in [7, 11) is -4.64. The SMILES string of the molecule is C=CC=CC.O=C(O)c1cc(C(=O)O)cc(S(=O)(=O)O)c1. The number of rotatable bonds is 4. The minimum absolute atomic E-state index is 0.535. The Morgan fingerprint density at radius 2 is 1.52 bits per heavy atom. The fourth-order valence-electron chi connectivity index (χ4n) is 1.13. The molecule has 0 spiro atoms. The number of hydrogen-bond acceptors (Lipinski definition) is 4. The van der Waals surface area contributed by atoms with Crippen molar-refractivity contribution in [2.45, 2.75) is 11.8 Å². The van der Waals surface area contributed by atoms with Crippen LogP contribution in [0.4, 0.5) is 0 Å². The van der Waals surface area contributed by atoms with Crippen LogP contribution in [0.3, 0.4) is 0 Å². The summed E-state index contributed by atoms with van der Waals surface area (Å²) in [5, 5.41) is 17.2. The third kappa shape index (κ3) is 6.50. The molecule has 0 fully saturated rings. The summed E-state index contributed by atoms with van der Waals surface area (Å²) in [6.07, 6.45) is 5.58. The highest BCUT2D eigenvalue weighted by Gasteiger charge is 2.17. The maximum Gasteiger partial charge on any atom is 0.335 e. The van der Waals surface area contributed by atoms with Crippen LogP contribution in [0.5, 0.6) is 0 Å². The lowest BCUT2D eigenvalue weighted by Crippen LogP contribution is -2.07. The van der Waals surface area contributed by atoms with Gasteiger partial charge < -0.3 is 10.2 Å². The third-order valence-electron chi connectivity index (χ3n) is 2.03. The molecule has 0 heterocycles. The van der Waals surface area contributed by atoms with E-state index in [0.717, 1.165) is 6.07 Å². The molecule has 3 N–H and O–H groups in total. The lowest BCUT2D eigenvalue weighted by Gasteiger charge is -2.02. The molecule has 7 nitrogen and oxygen atoms in total. The van der Waals surface area contributed by atoms with Crippen molar-refractivity contribution >= 4 is 22.1 Å². The molecule has 1 aromatic carbocycles. The number of aromatic carboxylic acids is 2. The van der Waals surface area contributed by atoms with Crippen molar-refractivity contribution < 1.29 is 32.8 Å². The summed E-state index contributed by atoms with van der Waals surface area (Å²) in [6, 6.07) is 2.13. The number of carboxylic acids is 2. The summed E-state index contributed by atoms with van der Waals surface area (Å²) in [5.41, 5.74) is -1.07. The van der Waals surface area contributed by atoms with Gasteiger partial charge >= 0.3 is 11.9 Å². The highest BCUT2D eigenvalue weighted by atomic mass is 32.2. The smallest absolute Gasteiger partial charge is 0.335 e. The predicted molar refractivity (Wildman–Crippen MR) is 75.2 cm³/mol. The minimum Gasteiger partial charge on any atom is -0.478 e. The zero-order chi connectivity index (χ0) is 16.6. The van der Waals surface area contributed by atoms with E-state index in [2.05, 4.69) is 6.58 Å². The van der Waals surface area contributed by atoms with Crippen molar-refractivity contribution in [3.05, 3.63) is 54.1 Å². The standard InChI is InChI=1S/C8H6O7S.C5H8/c9-7(10)4-1-5(8(11)12)3-6(2-4)16(13,14)15;1-3-5-4-2/h1-3H,(H,9,10)(H,11,12)(H,13,14,15);3-5H,1H2,2H3. The van der Waals surface area contributed by atoms with E-state index < -0.39 is 38.1 Å². The van der Waals surface area contributed by atoms with Crippen LogP contribution in [0.15, 0.2) is 47.9 Å². The molecule has 0 aromatic heterocycles. The molecule has 21 heavy (non-hydrogen) atoms. The van der Waals surface area contributed by atoms with Crippen LogP contribution in [0.2, 0.25) is 0 Å². The Bertz CT molecular complexity index is 640. The van der Waals surface area contributed by atoms with E-state index in [1.165, 1.54) is 0 Å². The molecule has 0 atom stereocenters. The summed E-state index contributed by atoms with van der Waals surface area (Å²) in [5.74, 6) is -2.99. The zero-order valence-corrected chi connectivity index (χ0v) is 11.9. The molecule has 0 radical (unpaired) electrons. The van der Waals surface area contributed by atoms with Gasteiger partial charge in [-0.3, -0.25) is 4.55 Å². The first-order chi connectivity index (χ1) is 9.63. The maximum absolute atomic E-state index is 10.8. The highest BCUT2D eigenvalue weighted by molar-refractivity contribution is 7.85. The first kappa shape index (κ1) is 18.6. The molecule has 114 valence electrons. The fourth-order valence-corrected chi connectivity index (χ4v) is 1.68. The molecular formula is C13H14O7S. The fraction of sp³-hybridized carbons (Fsp3) is 0.0769. The van der Waals surface area contributed by atoms with Crippen LogP contribution in [0.25, 0.3) is 0 Å². The molecule has 0 saturated heterocycles. The van der Waals surface area contributed by atoms with Gasteiger partial charge in [-0.05, 0) is 25.1 Å². The van der Waals surface area contributed by atoms with Crippen LogP contribution >= 0.6 is 0 Å². The van der Waals surface area contributed by atoms with Gasteiger partial charge in [0.2, 0.25) is 0 Å². The van der Waals surface area contributed by atoms with Crippen LogP contribution in [-0.2, 0) is 10.1 Å². The van der Waals surface area contributed by atoms with E-state index in [9.17, 15) is 18.0 Å². The molecule has 1 rings (SSSR count). The number of allylic oxidation sites excluding steroid dienone is 3. The molecular weight excluding hydrogens is 300 g/mol. The summed E-state index contributed by atoms with van der Waals surface area (Å²) >= 11 is 0. The minimum atomic E-state index is -4.64. The second kappa shape index (κ2) is 7.98. The lowest BCUT2D eigenvalue weighted by molar-refractivity contribution is 0.0696. The first-order valence-electron chi connectivity index (χ1n) is 5.46. The van der Waals surface area contributed by atoms with Crippen LogP contribution in [0, 0.1) is 0 Å². The summed E-state index contributed by atoms with van der Waals surface area (Å²) in [4.78, 5) is 20.4. The van der Waals surface area contributed by atoms with E-state index >= 15 is 0 Å². The molecule has 0 unspecified atom stereocenters. The zero-order valence-electron chi connectivity index (χ0n) is 11.1. The van der Waals surface area contributed by atoms with E-state index in [-0.39, 0.29) is 0 Å². The van der Waals surface area contributed by atoms with E-state index in [0.29, 0.717) is 12.1 Å². The molecule has 8 heteroatoms. The largest absolute Gasteiger partial charge is 0.478 e. The Labute approximate surface area is 121 Å². The Hall–Kier alpha value is -2.45. The third-order valence-corrected chi connectivity index (χ3v) is 2.86. The quantitative estimate of drug-likeness (QED) is 0.573. The van der Waals surface area contributed by atoms with Crippen molar-refractivity contribution in [2.75, 3.05) is 0 Å². The predicted octanol–water partition coefficient (Wildman–Crippen LogP) is 2.08. The van der Waals surface area contributed by atoms with E-state index in [4.69, 9.17) is 14.8 Å². The number of carbonyl (C=O) groups is 2. The van der Waals surface area contributed by atoms with Crippen LogP contribution in [-0.4, -0.2) is 35.1 Å². The van der Waals surface area contributed by atoms with Gasteiger partial charge in [0.05, 0.1) is 16.0 Å². The monoisotopic (exact) mass is 314 g/mol. The van der Waals surface area contributed by atoms with E-state index in [1.807, 2.05) is 19.1 Å². The lowest BCUT2D eigenvalue weighted by atomic mass is 10.1. The number of hydrogen-bond donors (Lipinski definition) is 3. The van der Waals surface area contributed by atoms with Crippen molar-refractivity contribution in [3.8, 4) is 0 Å². The van der Waals surface area contributed by atoms with Gasteiger partial charge in [0.1, 0.15) is 0 Å². The molecule has 1 aromatic rings. The van der Waals surface area contributed by atoms with Gasteiger partial charge in [0, 0.05) is 0 Å². The summed E-state index contributed by atoms with van der Waals surface area (Å²) < 4.78 is 30.2. The Balaban J connectivity index is 0.000000690. The van der Waals surface area contributed by atoms with Gasteiger partial charge in [-0.1, -0.05) is 24.8 Å². The second-order valence-corrected chi connectivity index (χ2v) is 5.01. The molecule has 0 bridgehead atoms. The average molecular weight is 314 g/mol. The van der Waals surface area contributed by atoms with Gasteiger partial charge in [0.15, 0.2) is 0 Å². The molecule has 0 aliphatic heterocycles. The van der Waals surface area contributed by atoms with Crippen molar-refractivity contribution in [3.63, 3.8) is 0 Å². The van der Waals surface area contributed by atoms with E-state index in [1.54, 1.807) is 6.08 Å². The highest BCUT2D eigenvalue weighted by Crippen LogP contribution is 2.15. The molecule has 0 aliphatic carbocycles. The average Bonchev–Trinajstić information content (AvgIpc) is 2.38. The second-order valence-electron chi connectivity index (χ2n) is 3.59. The van der Waals surface area contributed by atoms with Crippen LogP contribution < -0.4 is 0 Å². The summed E-state index contributed by atoms with van der Waals surface area (Å²) in [6.45, 7) is 5.42. The Kier molecular flexibility index (Phi) is 7.05. The van der Waals surface area contributed by atoms with Crippen molar-refractivity contribution in [2.24, 2.45) is 0 Å². The van der Waals surface area contributed by atoms with Gasteiger partial charge in [-0.15, -0.1) is 0 Å². The normalized spacial score (nSPS) is 10.6. The van der Waals surface area contributed by atoms with Crippen LogP contribution in [0.1, 0.15) is 27.6 Å². The van der Waals surface area contributed by atoms with Gasteiger partial charge in [-0.25, -0.2) is 9.59 Å². The molecule has 0 saturated carbocycles. The Morgan fingerprint density at radius 3 is 1.71 bits per heavy atom. The molecule has 0 aliphatic rings. The van der Waals surface area contributed by atoms with Crippen molar-refractivity contribution in [1.29, 1.82) is 0 Å². The Morgan fingerprint density at radius 1 is 1.10 bits per heavy atom. The topological polar surface area (TPSA) is 129 Å². The van der Waals surface area contributed by atoms with Gasteiger partial charge in [0.25, 0.3) is 10.1 Å². The van der Waals surface area contributed by atoms with Crippen molar-refractivity contribution in [1.82, 2.24) is 0 Å². The molecule has 0 amide bonds. The first-order valence-corrected chi connectivity index (χ1v) is 6.90. The number of benzene rings is 1. The maximum atomic E-state index is 10.8.